The number of nitrogens with zero attached hydrogens (tertiary/aromatic N) is 3. The molecule has 0 aliphatic heterocycles. The first kappa shape index (κ1) is 17.4. The van der Waals surface area contributed by atoms with Gasteiger partial charge in [0.25, 0.3) is 5.91 Å². The van der Waals surface area contributed by atoms with Crippen molar-refractivity contribution >= 4 is 28.6 Å². The number of carbonyl (C=O) groups excluding carboxylic acids is 2. The number of hydrogen-bond donors (Lipinski definition) is 1. The van der Waals surface area contributed by atoms with Gasteiger partial charge >= 0.3 is 5.97 Å². The molecule has 138 valence electrons. The molecule has 0 saturated carbocycles. The molecule has 4 rings (SSSR count). The van der Waals surface area contributed by atoms with Crippen molar-refractivity contribution in [2.75, 3.05) is 12.4 Å². The van der Waals surface area contributed by atoms with E-state index in [1.165, 1.54) is 25.6 Å². The van der Waals surface area contributed by atoms with Gasteiger partial charge in [-0.3, -0.25) is 14.3 Å². The second-order valence-corrected chi connectivity index (χ2v) is 6.06. The van der Waals surface area contributed by atoms with Gasteiger partial charge in [-0.15, -0.1) is 0 Å². The standard InChI is InChI=1S/C21H16N4O3/c1-28-21(27)15-10-14(11-22-12-15)20(26)24-16-6-8-17(9-7-16)25-13-23-18-4-2-3-5-19(18)25/h2-13H,1H3,(H,24,26). The number of amides is 1. The molecular formula is C21H16N4O3. The third kappa shape index (κ3) is 3.33. The van der Waals surface area contributed by atoms with E-state index in [-0.39, 0.29) is 17.0 Å². The Bertz CT molecular complexity index is 1170. The van der Waals surface area contributed by atoms with E-state index in [2.05, 4.69) is 20.0 Å². The Balaban J connectivity index is 1.53. The van der Waals surface area contributed by atoms with Gasteiger partial charge in [-0.05, 0) is 42.5 Å². The first-order chi connectivity index (χ1) is 13.7. The third-order valence-electron chi connectivity index (χ3n) is 4.28. The van der Waals surface area contributed by atoms with Crippen molar-refractivity contribution in [2.24, 2.45) is 0 Å². The van der Waals surface area contributed by atoms with Gasteiger partial charge in [-0.1, -0.05) is 12.1 Å². The van der Waals surface area contributed by atoms with Crippen LogP contribution >= 0.6 is 0 Å². The van der Waals surface area contributed by atoms with Gasteiger partial charge in [0.05, 0.1) is 29.3 Å². The first-order valence-corrected chi connectivity index (χ1v) is 8.53. The second kappa shape index (κ2) is 7.32. The third-order valence-corrected chi connectivity index (χ3v) is 4.28. The topological polar surface area (TPSA) is 86.1 Å². The summed E-state index contributed by atoms with van der Waals surface area (Å²) in [7, 11) is 1.28. The quantitative estimate of drug-likeness (QED) is 0.555. The summed E-state index contributed by atoms with van der Waals surface area (Å²) >= 11 is 0. The predicted molar refractivity (Wildman–Crippen MR) is 105 cm³/mol. The number of esters is 1. The largest absolute Gasteiger partial charge is 0.465 e. The number of imidazole rings is 1. The minimum atomic E-state index is -0.543. The normalized spacial score (nSPS) is 10.6. The highest BCUT2D eigenvalue weighted by Gasteiger charge is 2.12. The lowest BCUT2D eigenvalue weighted by Crippen LogP contribution is -2.13. The fourth-order valence-corrected chi connectivity index (χ4v) is 2.87. The van der Waals surface area contributed by atoms with Crippen molar-refractivity contribution in [3.05, 3.63) is 84.4 Å². The van der Waals surface area contributed by atoms with E-state index < -0.39 is 5.97 Å². The number of pyridine rings is 1. The average molecular weight is 372 g/mol. The number of fused-ring (bicyclic) bond motifs is 1. The van der Waals surface area contributed by atoms with Gasteiger partial charge in [0.1, 0.15) is 6.33 Å². The molecule has 28 heavy (non-hydrogen) atoms. The van der Waals surface area contributed by atoms with E-state index in [1.54, 1.807) is 18.5 Å². The molecule has 4 aromatic rings. The van der Waals surface area contributed by atoms with E-state index >= 15 is 0 Å². The smallest absolute Gasteiger partial charge is 0.339 e. The number of ether oxygens (including phenoxy) is 1. The van der Waals surface area contributed by atoms with Crippen LogP contribution in [-0.4, -0.2) is 33.5 Å². The van der Waals surface area contributed by atoms with Crippen LogP contribution in [0, 0.1) is 0 Å². The number of anilines is 1. The van der Waals surface area contributed by atoms with Crippen molar-refractivity contribution in [2.45, 2.75) is 0 Å². The van der Waals surface area contributed by atoms with Crippen molar-refractivity contribution < 1.29 is 14.3 Å². The van der Waals surface area contributed by atoms with Crippen LogP contribution in [0.2, 0.25) is 0 Å². The van der Waals surface area contributed by atoms with E-state index in [0.717, 1.165) is 16.7 Å². The Labute approximate surface area is 160 Å². The molecule has 2 heterocycles. The highest BCUT2D eigenvalue weighted by atomic mass is 16.5. The van der Waals surface area contributed by atoms with Crippen molar-refractivity contribution in [1.29, 1.82) is 0 Å². The number of benzene rings is 2. The van der Waals surface area contributed by atoms with Crippen LogP contribution in [0.4, 0.5) is 5.69 Å². The van der Waals surface area contributed by atoms with Gasteiger partial charge in [0.2, 0.25) is 0 Å². The molecule has 0 saturated heterocycles. The van der Waals surface area contributed by atoms with Crippen LogP contribution < -0.4 is 5.32 Å². The number of aromatic nitrogens is 3. The van der Waals surface area contributed by atoms with Crippen LogP contribution in [0.1, 0.15) is 20.7 Å². The summed E-state index contributed by atoms with van der Waals surface area (Å²) in [6.07, 6.45) is 4.52. The summed E-state index contributed by atoms with van der Waals surface area (Å²) in [6.45, 7) is 0. The fraction of sp³-hybridized carbons (Fsp3) is 0.0476. The van der Waals surface area contributed by atoms with Crippen LogP contribution in [0.3, 0.4) is 0 Å². The zero-order valence-electron chi connectivity index (χ0n) is 15.0. The summed E-state index contributed by atoms with van der Waals surface area (Å²) in [5.41, 5.74) is 3.97. The molecule has 7 heteroatoms. The molecule has 0 radical (unpaired) electrons. The van der Waals surface area contributed by atoms with Gasteiger partial charge in [0.15, 0.2) is 0 Å². The number of nitrogens with one attached hydrogen (secondary N) is 1. The monoisotopic (exact) mass is 372 g/mol. The Morgan fingerprint density at radius 1 is 1.00 bits per heavy atom. The summed E-state index contributed by atoms with van der Waals surface area (Å²) in [5.74, 6) is -0.904. The zero-order chi connectivity index (χ0) is 19.5. The molecular weight excluding hydrogens is 356 g/mol. The molecule has 2 aromatic carbocycles. The fourth-order valence-electron chi connectivity index (χ4n) is 2.87. The highest BCUT2D eigenvalue weighted by molar-refractivity contribution is 6.05. The molecule has 0 atom stereocenters. The number of methoxy groups -OCH3 is 1. The van der Waals surface area contributed by atoms with Crippen molar-refractivity contribution in [3.63, 3.8) is 0 Å². The van der Waals surface area contributed by atoms with Gasteiger partial charge in [-0.2, -0.15) is 0 Å². The summed E-state index contributed by atoms with van der Waals surface area (Å²) in [6, 6.07) is 16.7. The van der Waals surface area contributed by atoms with Gasteiger partial charge in [0, 0.05) is 23.8 Å². The summed E-state index contributed by atoms with van der Waals surface area (Å²) in [5, 5.41) is 2.80. The Morgan fingerprint density at radius 3 is 2.54 bits per heavy atom. The number of rotatable bonds is 4. The molecule has 0 spiro atoms. The average Bonchev–Trinajstić information content (AvgIpc) is 3.18. The molecule has 1 amide bonds. The van der Waals surface area contributed by atoms with Gasteiger partial charge < -0.3 is 10.1 Å². The Hall–Kier alpha value is -4.00. The maximum atomic E-state index is 12.4. The number of carbonyl (C=O) groups is 2. The van der Waals surface area contributed by atoms with Gasteiger partial charge in [-0.25, -0.2) is 9.78 Å². The molecule has 0 aliphatic rings. The molecule has 0 bridgehead atoms. The predicted octanol–water partition coefficient (Wildman–Crippen LogP) is 3.46. The van der Waals surface area contributed by atoms with Crippen LogP contribution in [0.5, 0.6) is 0 Å². The summed E-state index contributed by atoms with van der Waals surface area (Å²) in [4.78, 5) is 32.3. The molecule has 0 aliphatic carbocycles. The second-order valence-electron chi connectivity index (χ2n) is 6.06. The Morgan fingerprint density at radius 2 is 1.75 bits per heavy atom. The first-order valence-electron chi connectivity index (χ1n) is 8.53. The Kier molecular flexibility index (Phi) is 4.55. The van der Waals surface area contributed by atoms with E-state index in [0.29, 0.717) is 5.69 Å². The maximum absolute atomic E-state index is 12.4. The lowest BCUT2D eigenvalue weighted by atomic mass is 10.2. The highest BCUT2D eigenvalue weighted by Crippen LogP contribution is 2.20. The van der Waals surface area contributed by atoms with Crippen LogP contribution in [0.25, 0.3) is 16.7 Å². The molecule has 0 unspecified atom stereocenters. The minimum Gasteiger partial charge on any atom is -0.465 e. The maximum Gasteiger partial charge on any atom is 0.339 e. The van der Waals surface area contributed by atoms with E-state index in [1.807, 2.05) is 41.0 Å². The van der Waals surface area contributed by atoms with E-state index in [9.17, 15) is 9.59 Å². The summed E-state index contributed by atoms with van der Waals surface area (Å²) < 4.78 is 6.63. The lowest BCUT2D eigenvalue weighted by molar-refractivity contribution is 0.0600. The van der Waals surface area contributed by atoms with Crippen LogP contribution in [-0.2, 0) is 4.74 Å². The number of hydrogen-bond acceptors (Lipinski definition) is 5. The zero-order valence-corrected chi connectivity index (χ0v) is 15.0. The van der Waals surface area contributed by atoms with Crippen LogP contribution in [0.15, 0.2) is 73.3 Å². The lowest BCUT2D eigenvalue weighted by Gasteiger charge is -2.08. The molecule has 0 fully saturated rings. The molecule has 7 nitrogen and oxygen atoms in total. The van der Waals surface area contributed by atoms with Crippen molar-refractivity contribution in [3.8, 4) is 5.69 Å². The van der Waals surface area contributed by atoms with Crippen molar-refractivity contribution in [1.82, 2.24) is 14.5 Å². The number of para-hydroxylation sites is 2. The van der Waals surface area contributed by atoms with E-state index in [4.69, 9.17) is 0 Å². The molecule has 2 aromatic heterocycles. The molecule has 1 N–H and O–H groups in total. The minimum absolute atomic E-state index is 0.220. The SMILES string of the molecule is COC(=O)c1cncc(C(=O)Nc2ccc(-n3cnc4ccccc43)cc2)c1.